The van der Waals surface area contributed by atoms with Crippen molar-refractivity contribution >= 4 is 56.2 Å². The number of thiocarbonyl (C=S) groups is 1. The van der Waals surface area contributed by atoms with E-state index >= 15 is 0 Å². The molecule has 1 amide bonds. The maximum Gasteiger partial charge on any atom is 0.266 e. The molecule has 2 fully saturated rings. The number of ether oxygens (including phenoxy) is 3. The molecule has 33 heavy (non-hydrogen) atoms. The lowest BCUT2D eigenvalue weighted by molar-refractivity contribution is -0.123. The normalized spacial score (nSPS) is 19.5. The van der Waals surface area contributed by atoms with Gasteiger partial charge in [-0.15, -0.1) is 0 Å². The third kappa shape index (κ3) is 5.98. The van der Waals surface area contributed by atoms with Crippen molar-refractivity contribution in [3.8, 4) is 11.5 Å². The molecule has 2 aromatic carbocycles. The van der Waals surface area contributed by atoms with Gasteiger partial charge in [-0.2, -0.15) is 0 Å². The molecule has 0 unspecified atom stereocenters. The Morgan fingerprint density at radius 1 is 1.27 bits per heavy atom. The highest BCUT2D eigenvalue weighted by atomic mass is 79.9. The molecule has 0 bridgehead atoms. The van der Waals surface area contributed by atoms with Crippen LogP contribution in [-0.4, -0.2) is 41.0 Å². The number of hydrogen-bond donors (Lipinski definition) is 0. The quantitative estimate of drug-likeness (QED) is 0.293. The van der Waals surface area contributed by atoms with Crippen LogP contribution in [0.15, 0.2) is 45.8 Å². The summed E-state index contributed by atoms with van der Waals surface area (Å²) in [6.45, 7) is 6.19. The molecule has 2 saturated heterocycles. The summed E-state index contributed by atoms with van der Waals surface area (Å²) >= 11 is 10.4. The smallest absolute Gasteiger partial charge is 0.266 e. The van der Waals surface area contributed by atoms with Crippen LogP contribution in [0.1, 0.15) is 36.5 Å². The van der Waals surface area contributed by atoms with Crippen molar-refractivity contribution in [2.24, 2.45) is 0 Å². The average molecular weight is 549 g/mol. The van der Waals surface area contributed by atoms with Gasteiger partial charge < -0.3 is 14.2 Å². The van der Waals surface area contributed by atoms with Gasteiger partial charge in [0.25, 0.3) is 5.91 Å². The van der Waals surface area contributed by atoms with Gasteiger partial charge in [-0.1, -0.05) is 53.8 Å². The third-order valence-electron chi connectivity index (χ3n) is 5.42. The van der Waals surface area contributed by atoms with E-state index in [1.165, 1.54) is 17.3 Å². The summed E-state index contributed by atoms with van der Waals surface area (Å²) in [7, 11) is 0. The van der Waals surface area contributed by atoms with Crippen LogP contribution in [0.2, 0.25) is 0 Å². The predicted octanol–water partition coefficient (Wildman–Crippen LogP) is 6.12. The van der Waals surface area contributed by atoms with Gasteiger partial charge in [0.1, 0.15) is 10.9 Å². The second kappa shape index (κ2) is 11.0. The van der Waals surface area contributed by atoms with E-state index < -0.39 is 0 Å². The van der Waals surface area contributed by atoms with E-state index in [0.29, 0.717) is 40.5 Å². The van der Waals surface area contributed by atoms with E-state index in [2.05, 4.69) is 47.1 Å². The van der Waals surface area contributed by atoms with E-state index in [4.69, 9.17) is 26.4 Å². The Balaban J connectivity index is 1.52. The van der Waals surface area contributed by atoms with Crippen molar-refractivity contribution in [3.63, 3.8) is 0 Å². The van der Waals surface area contributed by atoms with Crippen LogP contribution < -0.4 is 9.47 Å². The van der Waals surface area contributed by atoms with Crippen LogP contribution in [0, 0.1) is 6.92 Å². The molecule has 8 heteroatoms. The standard InChI is InChI=1S/C25H26BrNO4S2/c1-3-29-21-12-18(11-20(26)23(21)31-15-17-8-6-16(2)7-9-17)13-22-24(28)27(25(32)33-22)14-19-5-4-10-30-19/h6-9,11-13,19H,3-5,10,14-15H2,1-2H3/b22-13-/t19-/m1/s1. The summed E-state index contributed by atoms with van der Waals surface area (Å²) in [6, 6.07) is 12.1. The monoisotopic (exact) mass is 547 g/mol. The lowest BCUT2D eigenvalue weighted by Crippen LogP contribution is -2.35. The van der Waals surface area contributed by atoms with Crippen molar-refractivity contribution in [1.82, 2.24) is 4.90 Å². The molecule has 0 radical (unpaired) electrons. The van der Waals surface area contributed by atoms with Crippen molar-refractivity contribution in [2.45, 2.75) is 39.4 Å². The second-order valence-electron chi connectivity index (χ2n) is 7.96. The molecule has 2 aliphatic rings. The molecule has 2 aliphatic heterocycles. The maximum absolute atomic E-state index is 13.0. The van der Waals surface area contributed by atoms with E-state index in [1.807, 2.05) is 25.1 Å². The minimum atomic E-state index is -0.0747. The summed E-state index contributed by atoms with van der Waals surface area (Å²) in [4.78, 5) is 15.2. The number of halogens is 1. The minimum absolute atomic E-state index is 0.0653. The molecule has 2 aromatic rings. The number of aryl methyl sites for hydroxylation is 1. The topological polar surface area (TPSA) is 48.0 Å². The van der Waals surface area contributed by atoms with Crippen molar-refractivity contribution in [2.75, 3.05) is 19.8 Å². The number of carbonyl (C=O) groups excluding carboxylic acids is 1. The Kier molecular flexibility index (Phi) is 8.11. The predicted molar refractivity (Wildman–Crippen MR) is 140 cm³/mol. The average Bonchev–Trinajstić information content (AvgIpc) is 3.39. The fourth-order valence-electron chi connectivity index (χ4n) is 3.71. The van der Waals surface area contributed by atoms with Gasteiger partial charge in [0.2, 0.25) is 0 Å². The highest BCUT2D eigenvalue weighted by Crippen LogP contribution is 2.40. The largest absolute Gasteiger partial charge is 0.490 e. The lowest BCUT2D eigenvalue weighted by Gasteiger charge is -2.18. The van der Waals surface area contributed by atoms with Crippen LogP contribution in [-0.2, 0) is 16.1 Å². The summed E-state index contributed by atoms with van der Waals surface area (Å²) in [5.74, 6) is 1.19. The highest BCUT2D eigenvalue weighted by Gasteiger charge is 2.34. The molecule has 1 atom stereocenters. The zero-order valence-corrected chi connectivity index (χ0v) is 21.9. The first-order chi connectivity index (χ1) is 15.9. The van der Waals surface area contributed by atoms with Crippen LogP contribution in [0.25, 0.3) is 6.08 Å². The molecular weight excluding hydrogens is 522 g/mol. The number of thioether (sulfide) groups is 1. The summed E-state index contributed by atoms with van der Waals surface area (Å²) in [5.41, 5.74) is 3.13. The second-order valence-corrected chi connectivity index (χ2v) is 10.5. The highest BCUT2D eigenvalue weighted by molar-refractivity contribution is 9.10. The van der Waals surface area contributed by atoms with Gasteiger partial charge in [0.15, 0.2) is 11.5 Å². The minimum Gasteiger partial charge on any atom is -0.490 e. The number of benzene rings is 2. The van der Waals surface area contributed by atoms with Gasteiger partial charge in [-0.05, 0) is 72.0 Å². The van der Waals surface area contributed by atoms with Gasteiger partial charge in [-0.25, -0.2) is 0 Å². The van der Waals surface area contributed by atoms with Gasteiger partial charge >= 0.3 is 0 Å². The summed E-state index contributed by atoms with van der Waals surface area (Å²) in [6.07, 6.45) is 3.91. The molecule has 174 valence electrons. The summed E-state index contributed by atoms with van der Waals surface area (Å²) < 4.78 is 19.0. The van der Waals surface area contributed by atoms with Crippen molar-refractivity contribution in [1.29, 1.82) is 0 Å². The van der Waals surface area contributed by atoms with Crippen LogP contribution in [0.3, 0.4) is 0 Å². The van der Waals surface area contributed by atoms with Crippen LogP contribution >= 0.6 is 39.9 Å². The fourth-order valence-corrected chi connectivity index (χ4v) is 5.56. The zero-order valence-electron chi connectivity index (χ0n) is 18.6. The number of amides is 1. The molecule has 2 heterocycles. The Hall–Kier alpha value is -1.87. The maximum atomic E-state index is 13.0. The summed E-state index contributed by atoms with van der Waals surface area (Å²) in [5, 5.41) is 0. The van der Waals surface area contributed by atoms with Gasteiger partial charge in [0, 0.05) is 6.61 Å². The molecule has 0 N–H and O–H groups in total. The number of rotatable bonds is 8. The number of nitrogens with zero attached hydrogens (tertiary/aromatic N) is 1. The molecule has 0 aromatic heterocycles. The van der Waals surface area contributed by atoms with Crippen LogP contribution in [0.5, 0.6) is 11.5 Å². The third-order valence-corrected chi connectivity index (χ3v) is 7.38. The van der Waals surface area contributed by atoms with Gasteiger partial charge in [0.05, 0.1) is 28.6 Å². The van der Waals surface area contributed by atoms with E-state index in [-0.39, 0.29) is 12.0 Å². The first kappa shape index (κ1) is 24.3. The van der Waals surface area contributed by atoms with E-state index in [0.717, 1.165) is 35.0 Å². The van der Waals surface area contributed by atoms with Crippen LogP contribution in [0.4, 0.5) is 0 Å². The SMILES string of the molecule is CCOc1cc(/C=C2\SC(=S)N(C[C@H]3CCCO3)C2=O)cc(Br)c1OCc1ccc(C)cc1. The van der Waals surface area contributed by atoms with Gasteiger partial charge in [-0.3, -0.25) is 9.69 Å². The number of hydrogen-bond acceptors (Lipinski definition) is 6. The number of carbonyl (C=O) groups is 1. The van der Waals surface area contributed by atoms with E-state index in [1.54, 1.807) is 4.90 Å². The van der Waals surface area contributed by atoms with Crippen molar-refractivity contribution in [3.05, 3.63) is 62.5 Å². The lowest BCUT2D eigenvalue weighted by atomic mass is 10.1. The van der Waals surface area contributed by atoms with E-state index in [9.17, 15) is 4.79 Å². The molecule has 0 saturated carbocycles. The molecule has 4 rings (SSSR count). The Labute approximate surface area is 212 Å². The Morgan fingerprint density at radius 3 is 2.76 bits per heavy atom. The zero-order chi connectivity index (χ0) is 23.4. The molecule has 5 nitrogen and oxygen atoms in total. The molecular formula is C25H26BrNO4S2. The molecule has 0 spiro atoms. The first-order valence-electron chi connectivity index (χ1n) is 11.0. The Bertz CT molecular complexity index is 1060. The first-order valence-corrected chi connectivity index (χ1v) is 13.0. The fraction of sp³-hybridized carbons (Fsp3) is 0.360. The Morgan fingerprint density at radius 2 is 2.06 bits per heavy atom. The van der Waals surface area contributed by atoms with Crippen molar-refractivity contribution < 1.29 is 19.0 Å². The molecule has 0 aliphatic carbocycles.